The summed E-state index contributed by atoms with van der Waals surface area (Å²) in [5.74, 6) is 0. The molecule has 1 aliphatic heterocycles. The molecule has 5 heteroatoms. The largest absolute Gasteiger partial charge is 0.389 e. The van der Waals surface area contributed by atoms with Crippen molar-refractivity contribution >= 4 is 28.5 Å². The standard InChI is InChI=1S/C13H21N3S2/c1-9-5-3-4-7-16(9)8-6-11-15-10(2)12(18-11)13(14)17/h9H,3-8H2,1-2H3,(H2,14,17). The lowest BCUT2D eigenvalue weighted by Crippen LogP contribution is -2.38. The average Bonchev–Trinajstić information content (AvgIpc) is 2.70. The van der Waals surface area contributed by atoms with Gasteiger partial charge >= 0.3 is 0 Å². The van der Waals surface area contributed by atoms with Crippen molar-refractivity contribution < 1.29 is 0 Å². The summed E-state index contributed by atoms with van der Waals surface area (Å²) < 4.78 is 0. The molecule has 1 aliphatic rings. The maximum atomic E-state index is 5.68. The van der Waals surface area contributed by atoms with Crippen molar-refractivity contribution in [3.05, 3.63) is 15.6 Å². The van der Waals surface area contributed by atoms with Crippen LogP contribution in [0.4, 0.5) is 0 Å². The molecule has 100 valence electrons. The van der Waals surface area contributed by atoms with Crippen LogP contribution >= 0.6 is 23.6 Å². The summed E-state index contributed by atoms with van der Waals surface area (Å²) in [5.41, 5.74) is 6.66. The zero-order valence-electron chi connectivity index (χ0n) is 11.1. The first-order chi connectivity index (χ1) is 8.58. The molecule has 1 saturated heterocycles. The molecule has 1 atom stereocenters. The van der Waals surface area contributed by atoms with Gasteiger partial charge in [0.25, 0.3) is 0 Å². The highest BCUT2D eigenvalue weighted by Crippen LogP contribution is 2.20. The molecular formula is C13H21N3S2. The second kappa shape index (κ2) is 6.08. The number of aromatic nitrogens is 1. The molecule has 1 fully saturated rings. The SMILES string of the molecule is Cc1nc(CCN2CCCCC2C)sc1C(N)=S. The number of nitrogens with zero attached hydrogens (tertiary/aromatic N) is 2. The number of hydrogen-bond acceptors (Lipinski definition) is 4. The van der Waals surface area contributed by atoms with Gasteiger partial charge < -0.3 is 10.6 Å². The minimum Gasteiger partial charge on any atom is -0.389 e. The third kappa shape index (κ3) is 3.28. The van der Waals surface area contributed by atoms with Gasteiger partial charge in [0.2, 0.25) is 0 Å². The fourth-order valence-electron chi connectivity index (χ4n) is 2.52. The van der Waals surface area contributed by atoms with E-state index in [0.717, 1.165) is 34.6 Å². The van der Waals surface area contributed by atoms with Crippen LogP contribution in [0, 0.1) is 6.92 Å². The number of piperidine rings is 1. The second-order valence-electron chi connectivity index (χ2n) is 5.02. The molecule has 1 unspecified atom stereocenters. The van der Waals surface area contributed by atoms with Gasteiger partial charge in [0.1, 0.15) is 4.99 Å². The molecule has 2 rings (SSSR count). The average molecular weight is 283 g/mol. The Kier molecular flexibility index (Phi) is 4.70. The summed E-state index contributed by atoms with van der Waals surface area (Å²) in [7, 11) is 0. The van der Waals surface area contributed by atoms with Gasteiger partial charge in [0.05, 0.1) is 15.6 Å². The van der Waals surface area contributed by atoms with Crippen LogP contribution < -0.4 is 5.73 Å². The summed E-state index contributed by atoms with van der Waals surface area (Å²) in [6.45, 7) is 6.64. The van der Waals surface area contributed by atoms with Gasteiger partial charge in [-0.25, -0.2) is 4.98 Å². The number of likely N-dealkylation sites (tertiary alicyclic amines) is 1. The van der Waals surface area contributed by atoms with Gasteiger partial charge in [-0.05, 0) is 33.2 Å². The molecule has 0 amide bonds. The van der Waals surface area contributed by atoms with E-state index in [0.29, 0.717) is 4.99 Å². The molecule has 1 aromatic heterocycles. The molecule has 0 aromatic carbocycles. The molecule has 3 nitrogen and oxygen atoms in total. The summed E-state index contributed by atoms with van der Waals surface area (Å²) in [5, 5.41) is 1.16. The van der Waals surface area contributed by atoms with E-state index in [-0.39, 0.29) is 0 Å². The van der Waals surface area contributed by atoms with Crippen LogP contribution in [-0.4, -0.2) is 34.0 Å². The quantitative estimate of drug-likeness (QED) is 0.862. The van der Waals surface area contributed by atoms with Crippen LogP contribution in [-0.2, 0) is 6.42 Å². The van der Waals surface area contributed by atoms with E-state index in [9.17, 15) is 0 Å². The monoisotopic (exact) mass is 283 g/mol. The number of aryl methyl sites for hydroxylation is 1. The van der Waals surface area contributed by atoms with Gasteiger partial charge in [-0.1, -0.05) is 18.6 Å². The van der Waals surface area contributed by atoms with Crippen LogP contribution in [0.2, 0.25) is 0 Å². The third-order valence-corrected chi connectivity index (χ3v) is 5.20. The van der Waals surface area contributed by atoms with Gasteiger partial charge in [-0.3, -0.25) is 0 Å². The maximum absolute atomic E-state index is 5.68. The zero-order chi connectivity index (χ0) is 13.1. The topological polar surface area (TPSA) is 42.2 Å². The van der Waals surface area contributed by atoms with E-state index in [2.05, 4.69) is 16.8 Å². The molecule has 0 bridgehead atoms. The molecule has 1 aromatic rings. The Balaban J connectivity index is 1.93. The predicted octanol–water partition coefficient (Wildman–Crippen LogP) is 2.50. The molecule has 2 heterocycles. The Morgan fingerprint density at radius 1 is 1.56 bits per heavy atom. The Hall–Kier alpha value is -0.520. The Morgan fingerprint density at radius 2 is 2.33 bits per heavy atom. The summed E-state index contributed by atoms with van der Waals surface area (Å²) >= 11 is 6.68. The second-order valence-corrected chi connectivity index (χ2v) is 6.54. The van der Waals surface area contributed by atoms with Crippen LogP contribution in [0.3, 0.4) is 0 Å². The molecule has 0 saturated carbocycles. The van der Waals surface area contributed by atoms with Crippen molar-refractivity contribution in [2.24, 2.45) is 5.73 Å². The Morgan fingerprint density at radius 3 is 2.94 bits per heavy atom. The first kappa shape index (κ1) is 13.9. The predicted molar refractivity (Wildman–Crippen MR) is 81.3 cm³/mol. The molecular weight excluding hydrogens is 262 g/mol. The molecule has 0 aliphatic carbocycles. The van der Waals surface area contributed by atoms with Crippen LogP contribution in [0.5, 0.6) is 0 Å². The number of thiocarbonyl (C=S) groups is 1. The van der Waals surface area contributed by atoms with Crippen molar-refractivity contribution in [2.75, 3.05) is 13.1 Å². The van der Waals surface area contributed by atoms with Gasteiger partial charge in [-0.2, -0.15) is 0 Å². The van der Waals surface area contributed by atoms with Crippen LogP contribution in [0.25, 0.3) is 0 Å². The molecule has 0 radical (unpaired) electrons. The van der Waals surface area contributed by atoms with E-state index in [1.165, 1.54) is 25.8 Å². The third-order valence-electron chi connectivity index (χ3n) is 3.62. The Labute approximate surface area is 118 Å². The first-order valence-electron chi connectivity index (χ1n) is 6.58. The number of nitrogens with two attached hydrogens (primary N) is 1. The first-order valence-corrected chi connectivity index (χ1v) is 7.80. The van der Waals surface area contributed by atoms with Crippen molar-refractivity contribution in [3.8, 4) is 0 Å². The van der Waals surface area contributed by atoms with Gasteiger partial charge in [0, 0.05) is 19.0 Å². The van der Waals surface area contributed by atoms with Crippen molar-refractivity contribution in [2.45, 2.75) is 45.6 Å². The molecule has 0 spiro atoms. The van der Waals surface area contributed by atoms with E-state index < -0.39 is 0 Å². The smallest absolute Gasteiger partial charge is 0.116 e. The number of rotatable bonds is 4. The van der Waals surface area contributed by atoms with E-state index >= 15 is 0 Å². The fraction of sp³-hybridized carbons (Fsp3) is 0.692. The van der Waals surface area contributed by atoms with Crippen LogP contribution in [0.15, 0.2) is 0 Å². The van der Waals surface area contributed by atoms with E-state index in [1.807, 2.05) is 6.92 Å². The fourth-order valence-corrected chi connectivity index (χ4v) is 3.70. The highest BCUT2D eigenvalue weighted by Gasteiger charge is 2.18. The highest BCUT2D eigenvalue weighted by atomic mass is 32.1. The molecule has 18 heavy (non-hydrogen) atoms. The van der Waals surface area contributed by atoms with Gasteiger partial charge in [0.15, 0.2) is 0 Å². The zero-order valence-corrected chi connectivity index (χ0v) is 12.7. The van der Waals surface area contributed by atoms with E-state index in [4.69, 9.17) is 18.0 Å². The summed E-state index contributed by atoms with van der Waals surface area (Å²) in [6, 6.07) is 0.717. The highest BCUT2D eigenvalue weighted by molar-refractivity contribution is 7.81. The lowest BCUT2D eigenvalue weighted by atomic mass is 10.0. The number of hydrogen-bond donors (Lipinski definition) is 1. The number of thiazole rings is 1. The normalized spacial score (nSPS) is 21.1. The molecule has 2 N–H and O–H groups in total. The van der Waals surface area contributed by atoms with Crippen molar-refractivity contribution in [1.29, 1.82) is 0 Å². The van der Waals surface area contributed by atoms with Crippen LogP contribution in [0.1, 0.15) is 41.8 Å². The van der Waals surface area contributed by atoms with E-state index in [1.54, 1.807) is 11.3 Å². The van der Waals surface area contributed by atoms with Gasteiger partial charge in [-0.15, -0.1) is 11.3 Å². The minimum atomic E-state index is 0.475. The maximum Gasteiger partial charge on any atom is 0.116 e. The van der Waals surface area contributed by atoms with Crippen molar-refractivity contribution in [1.82, 2.24) is 9.88 Å². The lowest BCUT2D eigenvalue weighted by molar-refractivity contribution is 0.163. The minimum absolute atomic E-state index is 0.475. The Bertz CT molecular complexity index is 428. The summed E-state index contributed by atoms with van der Waals surface area (Å²) in [6.07, 6.45) is 5.05. The summed E-state index contributed by atoms with van der Waals surface area (Å²) in [4.78, 5) is 8.59. The van der Waals surface area contributed by atoms with Crippen molar-refractivity contribution in [3.63, 3.8) is 0 Å². The lowest BCUT2D eigenvalue weighted by Gasteiger charge is -2.32.